The average Bonchev–Trinajstić information content (AvgIpc) is 2.53. The summed E-state index contributed by atoms with van der Waals surface area (Å²) in [5.74, 6) is 0.0924. The van der Waals surface area contributed by atoms with Crippen molar-refractivity contribution in [2.75, 3.05) is 6.54 Å². The summed E-state index contributed by atoms with van der Waals surface area (Å²) < 4.78 is 0. The summed E-state index contributed by atoms with van der Waals surface area (Å²) in [5.41, 5.74) is 9.96. The monoisotopic (exact) mass is 266 g/mol. The van der Waals surface area contributed by atoms with E-state index in [1.54, 1.807) is 0 Å². The molecule has 1 aliphatic rings. The Labute approximate surface area is 119 Å². The third-order valence-electron chi connectivity index (χ3n) is 3.83. The molecule has 3 rings (SSSR count). The molecule has 0 aromatic heterocycles. The Bertz CT molecular complexity index is 636. The average molecular weight is 266 g/mol. The van der Waals surface area contributed by atoms with Gasteiger partial charge in [0.2, 0.25) is 0 Å². The Balaban J connectivity index is 1.82. The lowest BCUT2D eigenvalue weighted by Gasteiger charge is -2.29. The lowest BCUT2D eigenvalue weighted by atomic mass is 9.99. The molecule has 0 saturated heterocycles. The Morgan fingerprint density at radius 1 is 1.10 bits per heavy atom. The van der Waals surface area contributed by atoms with Crippen LogP contribution in [0.15, 0.2) is 48.5 Å². The van der Waals surface area contributed by atoms with E-state index in [2.05, 4.69) is 18.2 Å². The highest BCUT2D eigenvalue weighted by Crippen LogP contribution is 2.20. The van der Waals surface area contributed by atoms with Crippen molar-refractivity contribution in [3.8, 4) is 0 Å². The molecular formula is C17H18N2O. The van der Waals surface area contributed by atoms with Crippen LogP contribution < -0.4 is 5.73 Å². The molecule has 20 heavy (non-hydrogen) atoms. The minimum Gasteiger partial charge on any atom is -0.334 e. The zero-order valence-corrected chi connectivity index (χ0v) is 11.4. The molecule has 0 radical (unpaired) electrons. The van der Waals surface area contributed by atoms with Gasteiger partial charge < -0.3 is 10.6 Å². The van der Waals surface area contributed by atoms with E-state index in [9.17, 15) is 4.79 Å². The fourth-order valence-corrected chi connectivity index (χ4v) is 2.68. The third-order valence-corrected chi connectivity index (χ3v) is 3.83. The molecule has 1 aliphatic heterocycles. The number of benzene rings is 2. The Morgan fingerprint density at radius 3 is 2.70 bits per heavy atom. The fraction of sp³-hybridized carbons (Fsp3) is 0.235. The van der Waals surface area contributed by atoms with E-state index in [1.165, 1.54) is 11.1 Å². The summed E-state index contributed by atoms with van der Waals surface area (Å²) in [6, 6.07) is 15.9. The van der Waals surface area contributed by atoms with E-state index < -0.39 is 0 Å². The number of nitrogens with zero attached hydrogens (tertiary/aromatic N) is 1. The Hall–Kier alpha value is -2.13. The molecule has 0 aliphatic carbocycles. The van der Waals surface area contributed by atoms with Gasteiger partial charge in [-0.15, -0.1) is 0 Å². The standard InChI is InChI=1S/C17H18N2O/c18-11-13-4-3-7-15(10-13)17(20)19-9-8-14-5-1-2-6-16(14)12-19/h1-7,10H,8-9,11-12,18H2. The van der Waals surface area contributed by atoms with E-state index in [4.69, 9.17) is 5.73 Å². The highest BCUT2D eigenvalue weighted by atomic mass is 16.2. The summed E-state index contributed by atoms with van der Waals surface area (Å²) in [6.45, 7) is 1.94. The van der Waals surface area contributed by atoms with Crippen molar-refractivity contribution in [2.45, 2.75) is 19.5 Å². The number of amides is 1. The molecule has 1 heterocycles. The largest absolute Gasteiger partial charge is 0.334 e. The van der Waals surface area contributed by atoms with Crippen LogP contribution in [0.5, 0.6) is 0 Å². The van der Waals surface area contributed by atoms with Crippen molar-refractivity contribution in [2.24, 2.45) is 5.73 Å². The molecular weight excluding hydrogens is 248 g/mol. The van der Waals surface area contributed by atoms with Crippen LogP contribution in [-0.4, -0.2) is 17.4 Å². The van der Waals surface area contributed by atoms with Gasteiger partial charge in [0.15, 0.2) is 0 Å². The molecule has 2 N–H and O–H groups in total. The van der Waals surface area contributed by atoms with E-state index in [0.29, 0.717) is 13.1 Å². The van der Waals surface area contributed by atoms with Crippen molar-refractivity contribution in [1.29, 1.82) is 0 Å². The normalized spacial score (nSPS) is 13.9. The predicted molar refractivity (Wildman–Crippen MR) is 79.2 cm³/mol. The number of hydrogen-bond acceptors (Lipinski definition) is 2. The Morgan fingerprint density at radius 2 is 1.90 bits per heavy atom. The predicted octanol–water partition coefficient (Wildman–Crippen LogP) is 2.34. The van der Waals surface area contributed by atoms with Crippen LogP contribution in [0.3, 0.4) is 0 Å². The number of rotatable bonds is 2. The molecule has 0 unspecified atom stereocenters. The molecule has 0 atom stereocenters. The van der Waals surface area contributed by atoms with Crippen LogP contribution in [0.1, 0.15) is 27.0 Å². The molecule has 0 bridgehead atoms. The van der Waals surface area contributed by atoms with Crippen LogP contribution in [0.2, 0.25) is 0 Å². The maximum Gasteiger partial charge on any atom is 0.254 e. The van der Waals surface area contributed by atoms with Crippen LogP contribution in [-0.2, 0) is 19.5 Å². The maximum absolute atomic E-state index is 12.6. The topological polar surface area (TPSA) is 46.3 Å². The highest BCUT2D eigenvalue weighted by Gasteiger charge is 2.21. The van der Waals surface area contributed by atoms with E-state index in [0.717, 1.165) is 24.1 Å². The number of fused-ring (bicyclic) bond motifs is 1. The van der Waals surface area contributed by atoms with Gasteiger partial charge in [0.25, 0.3) is 5.91 Å². The minimum atomic E-state index is 0.0924. The van der Waals surface area contributed by atoms with Crippen molar-refractivity contribution >= 4 is 5.91 Å². The summed E-state index contributed by atoms with van der Waals surface area (Å²) in [4.78, 5) is 14.5. The van der Waals surface area contributed by atoms with Crippen LogP contribution in [0.25, 0.3) is 0 Å². The molecule has 3 nitrogen and oxygen atoms in total. The maximum atomic E-state index is 12.6. The molecule has 102 valence electrons. The van der Waals surface area contributed by atoms with Gasteiger partial charge >= 0.3 is 0 Å². The SMILES string of the molecule is NCc1cccc(C(=O)N2CCc3ccccc3C2)c1. The zero-order valence-electron chi connectivity index (χ0n) is 11.4. The fourth-order valence-electron chi connectivity index (χ4n) is 2.68. The molecule has 0 saturated carbocycles. The van der Waals surface area contributed by atoms with E-state index in [-0.39, 0.29) is 5.91 Å². The summed E-state index contributed by atoms with van der Waals surface area (Å²) in [5, 5.41) is 0. The number of carbonyl (C=O) groups is 1. The van der Waals surface area contributed by atoms with Gasteiger partial charge in [0.05, 0.1) is 0 Å². The smallest absolute Gasteiger partial charge is 0.254 e. The lowest BCUT2D eigenvalue weighted by Crippen LogP contribution is -2.35. The molecule has 0 spiro atoms. The van der Waals surface area contributed by atoms with Crippen molar-refractivity contribution < 1.29 is 4.79 Å². The van der Waals surface area contributed by atoms with Crippen molar-refractivity contribution in [3.05, 3.63) is 70.8 Å². The first-order chi connectivity index (χ1) is 9.78. The van der Waals surface area contributed by atoms with E-state index >= 15 is 0 Å². The molecule has 0 fully saturated rings. The van der Waals surface area contributed by atoms with Gasteiger partial charge in [0.1, 0.15) is 0 Å². The molecule has 1 amide bonds. The summed E-state index contributed by atoms with van der Waals surface area (Å²) >= 11 is 0. The van der Waals surface area contributed by atoms with Crippen LogP contribution in [0, 0.1) is 0 Å². The van der Waals surface area contributed by atoms with E-state index in [1.807, 2.05) is 35.2 Å². The number of nitrogens with two attached hydrogens (primary N) is 1. The zero-order chi connectivity index (χ0) is 13.9. The van der Waals surface area contributed by atoms with Gasteiger partial charge in [-0.25, -0.2) is 0 Å². The van der Waals surface area contributed by atoms with Crippen molar-refractivity contribution in [1.82, 2.24) is 4.90 Å². The first kappa shape index (κ1) is 12.9. The number of carbonyl (C=O) groups excluding carboxylic acids is 1. The summed E-state index contributed by atoms with van der Waals surface area (Å²) in [6.07, 6.45) is 0.929. The van der Waals surface area contributed by atoms with Gasteiger partial charge in [-0.2, -0.15) is 0 Å². The highest BCUT2D eigenvalue weighted by molar-refractivity contribution is 5.94. The van der Waals surface area contributed by atoms with Crippen LogP contribution in [0.4, 0.5) is 0 Å². The molecule has 2 aromatic rings. The quantitative estimate of drug-likeness (QED) is 0.907. The van der Waals surface area contributed by atoms with Gasteiger partial charge in [-0.05, 0) is 35.2 Å². The molecule has 2 aromatic carbocycles. The second-order valence-corrected chi connectivity index (χ2v) is 5.15. The van der Waals surface area contributed by atoms with Gasteiger partial charge in [-0.1, -0.05) is 36.4 Å². The van der Waals surface area contributed by atoms with Gasteiger partial charge in [0, 0.05) is 25.2 Å². The summed E-state index contributed by atoms with van der Waals surface area (Å²) in [7, 11) is 0. The number of hydrogen-bond donors (Lipinski definition) is 1. The second-order valence-electron chi connectivity index (χ2n) is 5.15. The third kappa shape index (κ3) is 2.45. The lowest BCUT2D eigenvalue weighted by molar-refractivity contribution is 0.0734. The van der Waals surface area contributed by atoms with Crippen LogP contribution >= 0.6 is 0 Å². The Kier molecular flexibility index (Phi) is 3.52. The first-order valence-corrected chi connectivity index (χ1v) is 6.93. The first-order valence-electron chi connectivity index (χ1n) is 6.93. The van der Waals surface area contributed by atoms with Gasteiger partial charge in [-0.3, -0.25) is 4.79 Å². The minimum absolute atomic E-state index is 0.0924. The molecule has 3 heteroatoms. The second kappa shape index (κ2) is 5.47. The van der Waals surface area contributed by atoms with Crippen molar-refractivity contribution in [3.63, 3.8) is 0 Å².